The van der Waals surface area contributed by atoms with Crippen LogP contribution in [0.4, 0.5) is 11.4 Å². The van der Waals surface area contributed by atoms with Gasteiger partial charge in [0.15, 0.2) is 6.10 Å². The molecule has 1 unspecified atom stereocenters. The fourth-order valence-corrected chi connectivity index (χ4v) is 1.69. The highest BCUT2D eigenvalue weighted by Crippen LogP contribution is 2.19. The minimum absolute atomic E-state index is 0.128. The van der Waals surface area contributed by atoms with Crippen LogP contribution in [0.15, 0.2) is 54.6 Å². The van der Waals surface area contributed by atoms with E-state index in [1.807, 2.05) is 0 Å². The van der Waals surface area contributed by atoms with E-state index in [2.05, 4.69) is 5.32 Å². The van der Waals surface area contributed by atoms with Crippen molar-refractivity contribution in [3.63, 3.8) is 0 Å². The molecule has 0 heterocycles. The standard InChI is InChI=1S/C14H12N2O4/c17-13(10-5-2-1-3-6-10)14(18)15-11-7-4-8-12(9-11)16(19)20/h1-9,13,17H,(H,15,18). The minimum atomic E-state index is -1.32. The van der Waals surface area contributed by atoms with Gasteiger partial charge in [0.05, 0.1) is 4.92 Å². The summed E-state index contributed by atoms with van der Waals surface area (Å²) in [5.41, 5.74) is 0.589. The van der Waals surface area contributed by atoms with Gasteiger partial charge in [-0.1, -0.05) is 36.4 Å². The quantitative estimate of drug-likeness (QED) is 0.659. The molecular formula is C14H12N2O4. The van der Waals surface area contributed by atoms with Crippen LogP contribution in [-0.2, 0) is 4.79 Å². The molecule has 0 aliphatic carbocycles. The average Bonchev–Trinajstić information content (AvgIpc) is 2.47. The Morgan fingerprint density at radius 1 is 1.15 bits per heavy atom. The number of hydrogen-bond donors (Lipinski definition) is 2. The highest BCUT2D eigenvalue weighted by atomic mass is 16.6. The lowest BCUT2D eigenvalue weighted by Gasteiger charge is -2.11. The molecule has 0 radical (unpaired) electrons. The van der Waals surface area contributed by atoms with Crippen molar-refractivity contribution in [2.24, 2.45) is 0 Å². The molecule has 1 atom stereocenters. The molecule has 102 valence electrons. The van der Waals surface area contributed by atoms with Crippen molar-refractivity contribution in [2.45, 2.75) is 6.10 Å². The van der Waals surface area contributed by atoms with Crippen molar-refractivity contribution < 1.29 is 14.8 Å². The summed E-state index contributed by atoms with van der Waals surface area (Å²) in [7, 11) is 0. The van der Waals surface area contributed by atoms with Crippen molar-refractivity contribution in [2.75, 3.05) is 5.32 Å². The zero-order chi connectivity index (χ0) is 14.5. The molecule has 0 spiro atoms. The van der Waals surface area contributed by atoms with Crippen LogP contribution in [0.3, 0.4) is 0 Å². The Labute approximate surface area is 114 Å². The number of amides is 1. The Balaban J connectivity index is 2.12. The first-order chi connectivity index (χ1) is 9.58. The van der Waals surface area contributed by atoms with Gasteiger partial charge in [-0.05, 0) is 11.6 Å². The molecular weight excluding hydrogens is 260 g/mol. The molecule has 0 aliphatic heterocycles. The molecule has 6 nitrogen and oxygen atoms in total. The maximum absolute atomic E-state index is 11.9. The molecule has 2 aromatic carbocycles. The fourth-order valence-electron chi connectivity index (χ4n) is 1.69. The number of nitro benzene ring substituents is 1. The van der Waals surface area contributed by atoms with Gasteiger partial charge < -0.3 is 10.4 Å². The number of carbonyl (C=O) groups excluding carboxylic acids is 1. The molecule has 0 bridgehead atoms. The highest BCUT2D eigenvalue weighted by Gasteiger charge is 2.17. The first-order valence-electron chi connectivity index (χ1n) is 5.86. The van der Waals surface area contributed by atoms with E-state index in [0.29, 0.717) is 5.56 Å². The number of non-ortho nitro benzene ring substituents is 1. The third-order valence-corrected chi connectivity index (χ3v) is 2.69. The Bertz CT molecular complexity index is 628. The first-order valence-corrected chi connectivity index (χ1v) is 5.86. The lowest BCUT2D eigenvalue weighted by Crippen LogP contribution is -2.20. The summed E-state index contributed by atoms with van der Waals surface area (Å²) in [5, 5.41) is 23.0. The van der Waals surface area contributed by atoms with E-state index in [4.69, 9.17) is 0 Å². The summed E-state index contributed by atoms with van der Waals surface area (Å²) in [6.07, 6.45) is -1.32. The second-order valence-electron chi connectivity index (χ2n) is 4.11. The number of aliphatic hydroxyl groups is 1. The number of anilines is 1. The molecule has 0 saturated heterocycles. The summed E-state index contributed by atoms with van der Waals surface area (Å²) in [4.78, 5) is 21.9. The number of hydrogen-bond acceptors (Lipinski definition) is 4. The van der Waals surface area contributed by atoms with Crippen LogP contribution in [0.2, 0.25) is 0 Å². The topological polar surface area (TPSA) is 92.5 Å². The van der Waals surface area contributed by atoms with E-state index in [9.17, 15) is 20.0 Å². The molecule has 2 N–H and O–H groups in total. The third-order valence-electron chi connectivity index (χ3n) is 2.69. The van der Waals surface area contributed by atoms with Gasteiger partial charge in [0.2, 0.25) is 0 Å². The van der Waals surface area contributed by atoms with Crippen LogP contribution in [0.25, 0.3) is 0 Å². The highest BCUT2D eigenvalue weighted by molar-refractivity contribution is 5.94. The van der Waals surface area contributed by atoms with Gasteiger partial charge in [-0.3, -0.25) is 14.9 Å². The van der Waals surface area contributed by atoms with Crippen molar-refractivity contribution in [3.05, 3.63) is 70.3 Å². The predicted molar refractivity (Wildman–Crippen MR) is 73.1 cm³/mol. The van der Waals surface area contributed by atoms with Gasteiger partial charge in [-0.2, -0.15) is 0 Å². The van der Waals surface area contributed by atoms with E-state index in [1.165, 1.54) is 24.3 Å². The zero-order valence-corrected chi connectivity index (χ0v) is 10.4. The number of nitro groups is 1. The lowest BCUT2D eigenvalue weighted by atomic mass is 10.1. The monoisotopic (exact) mass is 272 g/mol. The molecule has 2 rings (SSSR count). The first kappa shape index (κ1) is 13.7. The van der Waals surface area contributed by atoms with E-state index in [0.717, 1.165) is 0 Å². The van der Waals surface area contributed by atoms with Gasteiger partial charge in [0.25, 0.3) is 11.6 Å². The van der Waals surface area contributed by atoms with Gasteiger partial charge in [0, 0.05) is 17.8 Å². The molecule has 0 fully saturated rings. The number of aliphatic hydroxyl groups excluding tert-OH is 1. The largest absolute Gasteiger partial charge is 0.378 e. The Morgan fingerprint density at radius 2 is 1.85 bits per heavy atom. The van der Waals surface area contributed by atoms with Crippen molar-refractivity contribution in [1.82, 2.24) is 0 Å². The molecule has 20 heavy (non-hydrogen) atoms. The van der Waals surface area contributed by atoms with Crippen LogP contribution >= 0.6 is 0 Å². The Hall–Kier alpha value is -2.73. The summed E-state index contributed by atoms with van der Waals surface area (Å²) in [6, 6.07) is 14.0. The molecule has 0 aliphatic rings. The molecule has 6 heteroatoms. The molecule has 2 aromatic rings. The average molecular weight is 272 g/mol. The van der Waals surface area contributed by atoms with Crippen molar-refractivity contribution >= 4 is 17.3 Å². The van der Waals surface area contributed by atoms with E-state index in [1.54, 1.807) is 30.3 Å². The number of nitrogens with one attached hydrogen (secondary N) is 1. The maximum Gasteiger partial charge on any atom is 0.271 e. The maximum atomic E-state index is 11.9. The Kier molecular flexibility index (Phi) is 4.07. The summed E-state index contributed by atoms with van der Waals surface area (Å²) in [6.45, 7) is 0. The minimum Gasteiger partial charge on any atom is -0.378 e. The van der Waals surface area contributed by atoms with Crippen LogP contribution in [0.5, 0.6) is 0 Å². The summed E-state index contributed by atoms with van der Waals surface area (Å²) < 4.78 is 0. The van der Waals surface area contributed by atoms with Crippen LogP contribution in [0, 0.1) is 10.1 Å². The van der Waals surface area contributed by atoms with Crippen LogP contribution in [-0.4, -0.2) is 15.9 Å². The zero-order valence-electron chi connectivity index (χ0n) is 10.4. The SMILES string of the molecule is O=C(Nc1cccc([N+](=O)[O-])c1)C(O)c1ccccc1. The summed E-state index contributed by atoms with van der Waals surface area (Å²) in [5.74, 6) is -0.642. The number of nitrogens with zero attached hydrogens (tertiary/aromatic N) is 1. The second-order valence-corrected chi connectivity index (χ2v) is 4.11. The van der Waals surface area contributed by atoms with E-state index in [-0.39, 0.29) is 11.4 Å². The Morgan fingerprint density at radius 3 is 2.50 bits per heavy atom. The van der Waals surface area contributed by atoms with Crippen LogP contribution < -0.4 is 5.32 Å². The normalized spacial score (nSPS) is 11.7. The van der Waals surface area contributed by atoms with E-state index < -0.39 is 16.9 Å². The smallest absolute Gasteiger partial charge is 0.271 e. The van der Waals surface area contributed by atoms with Gasteiger partial charge in [-0.15, -0.1) is 0 Å². The lowest BCUT2D eigenvalue weighted by molar-refractivity contribution is -0.384. The van der Waals surface area contributed by atoms with E-state index >= 15 is 0 Å². The fraction of sp³-hybridized carbons (Fsp3) is 0.0714. The second kappa shape index (κ2) is 5.94. The summed E-state index contributed by atoms with van der Waals surface area (Å²) >= 11 is 0. The predicted octanol–water partition coefficient (Wildman–Crippen LogP) is 2.27. The molecule has 0 saturated carbocycles. The molecule has 1 amide bonds. The van der Waals surface area contributed by atoms with Gasteiger partial charge in [-0.25, -0.2) is 0 Å². The van der Waals surface area contributed by atoms with Crippen LogP contribution in [0.1, 0.15) is 11.7 Å². The van der Waals surface area contributed by atoms with Gasteiger partial charge >= 0.3 is 0 Å². The van der Waals surface area contributed by atoms with Crippen molar-refractivity contribution in [1.29, 1.82) is 0 Å². The third kappa shape index (κ3) is 3.18. The molecule has 0 aromatic heterocycles. The van der Waals surface area contributed by atoms with Gasteiger partial charge in [0.1, 0.15) is 0 Å². The number of rotatable bonds is 4. The number of benzene rings is 2. The van der Waals surface area contributed by atoms with Crippen molar-refractivity contribution in [3.8, 4) is 0 Å². The number of carbonyl (C=O) groups is 1.